The van der Waals surface area contributed by atoms with E-state index in [2.05, 4.69) is 25.2 Å². The van der Waals surface area contributed by atoms with E-state index in [0.29, 0.717) is 48.6 Å². The number of nitrogens with zero attached hydrogens (tertiary/aromatic N) is 2. The van der Waals surface area contributed by atoms with Gasteiger partial charge < -0.3 is 19.9 Å². The third kappa shape index (κ3) is 6.13. The highest BCUT2D eigenvalue weighted by atomic mass is 35.5. The molecule has 6 nitrogen and oxygen atoms in total. The summed E-state index contributed by atoms with van der Waals surface area (Å²) in [4.78, 5) is 28.6. The summed E-state index contributed by atoms with van der Waals surface area (Å²) in [5, 5.41) is 3.49. The Morgan fingerprint density at radius 3 is 2.47 bits per heavy atom. The molecular formula is C23H28ClN3O3. The SMILES string of the molecule is CC(C)c1cccc(OCC(=O)N2CCCN(C(=O)Nc3ccc(Cl)cc3)CC2)c1. The van der Waals surface area contributed by atoms with E-state index in [0.717, 1.165) is 6.42 Å². The number of nitrogens with one attached hydrogen (secondary N) is 1. The standard InChI is InChI=1S/C23H28ClN3O3/c1-17(2)18-5-3-6-21(15-18)30-16-22(28)26-11-4-12-27(14-13-26)23(29)25-20-9-7-19(24)8-10-20/h3,5-10,15,17H,4,11-14,16H2,1-2H3,(H,25,29). The maximum Gasteiger partial charge on any atom is 0.321 e. The molecule has 30 heavy (non-hydrogen) atoms. The lowest BCUT2D eigenvalue weighted by atomic mass is 10.0. The number of rotatable bonds is 5. The highest BCUT2D eigenvalue weighted by molar-refractivity contribution is 6.30. The predicted molar refractivity (Wildman–Crippen MR) is 119 cm³/mol. The second-order valence-electron chi connectivity index (χ2n) is 7.67. The zero-order valence-corrected chi connectivity index (χ0v) is 18.2. The van der Waals surface area contributed by atoms with Gasteiger partial charge in [0, 0.05) is 36.9 Å². The molecule has 0 unspecified atom stereocenters. The first-order valence-corrected chi connectivity index (χ1v) is 10.6. The van der Waals surface area contributed by atoms with E-state index in [1.54, 1.807) is 34.1 Å². The van der Waals surface area contributed by atoms with E-state index in [-0.39, 0.29) is 18.5 Å². The molecule has 2 aromatic rings. The smallest absolute Gasteiger partial charge is 0.321 e. The largest absolute Gasteiger partial charge is 0.484 e. The monoisotopic (exact) mass is 429 g/mol. The number of ether oxygens (including phenoxy) is 1. The summed E-state index contributed by atoms with van der Waals surface area (Å²) >= 11 is 5.88. The highest BCUT2D eigenvalue weighted by Crippen LogP contribution is 2.20. The molecule has 0 aliphatic carbocycles. The van der Waals surface area contributed by atoms with Crippen molar-refractivity contribution in [3.8, 4) is 5.75 Å². The normalized spacial score (nSPS) is 14.4. The Balaban J connectivity index is 1.49. The minimum Gasteiger partial charge on any atom is -0.484 e. The van der Waals surface area contributed by atoms with Crippen LogP contribution in [0.4, 0.5) is 10.5 Å². The van der Waals surface area contributed by atoms with Gasteiger partial charge in [-0.05, 0) is 54.3 Å². The molecule has 0 atom stereocenters. The van der Waals surface area contributed by atoms with Gasteiger partial charge in [-0.25, -0.2) is 4.79 Å². The molecule has 1 aliphatic heterocycles. The fraction of sp³-hybridized carbons (Fsp3) is 0.391. The maximum atomic E-state index is 12.6. The molecule has 0 bridgehead atoms. The topological polar surface area (TPSA) is 61.9 Å². The lowest BCUT2D eigenvalue weighted by molar-refractivity contribution is -0.133. The number of carbonyl (C=O) groups excluding carboxylic acids is 2. The molecule has 1 heterocycles. The van der Waals surface area contributed by atoms with E-state index in [1.807, 2.05) is 18.2 Å². The van der Waals surface area contributed by atoms with Crippen molar-refractivity contribution in [1.29, 1.82) is 0 Å². The van der Waals surface area contributed by atoms with Gasteiger partial charge in [-0.1, -0.05) is 37.6 Å². The second-order valence-corrected chi connectivity index (χ2v) is 8.11. The molecular weight excluding hydrogens is 402 g/mol. The number of hydrogen-bond acceptors (Lipinski definition) is 3. The Kier molecular flexibility index (Phi) is 7.57. The van der Waals surface area contributed by atoms with Crippen LogP contribution in [0.3, 0.4) is 0 Å². The number of hydrogen-bond donors (Lipinski definition) is 1. The quantitative estimate of drug-likeness (QED) is 0.755. The number of carbonyl (C=O) groups is 2. The lowest BCUT2D eigenvalue weighted by Gasteiger charge is -2.22. The van der Waals surface area contributed by atoms with Crippen LogP contribution in [0.2, 0.25) is 5.02 Å². The Bertz CT molecular complexity index is 870. The lowest BCUT2D eigenvalue weighted by Crippen LogP contribution is -2.40. The number of urea groups is 1. The van der Waals surface area contributed by atoms with E-state index >= 15 is 0 Å². The van der Waals surface area contributed by atoms with Gasteiger partial charge in [0.05, 0.1) is 0 Å². The van der Waals surface area contributed by atoms with Crippen molar-refractivity contribution < 1.29 is 14.3 Å². The van der Waals surface area contributed by atoms with Crippen LogP contribution < -0.4 is 10.1 Å². The predicted octanol–water partition coefficient (Wildman–Crippen LogP) is 4.61. The highest BCUT2D eigenvalue weighted by Gasteiger charge is 2.22. The summed E-state index contributed by atoms with van der Waals surface area (Å²) < 4.78 is 5.72. The van der Waals surface area contributed by atoms with Gasteiger partial charge in [0.1, 0.15) is 5.75 Å². The molecule has 1 fully saturated rings. The Morgan fingerprint density at radius 1 is 1.03 bits per heavy atom. The van der Waals surface area contributed by atoms with Crippen molar-refractivity contribution in [2.24, 2.45) is 0 Å². The third-order valence-electron chi connectivity index (χ3n) is 5.12. The zero-order chi connectivity index (χ0) is 21.5. The van der Waals surface area contributed by atoms with Crippen molar-refractivity contribution in [3.05, 3.63) is 59.1 Å². The van der Waals surface area contributed by atoms with Gasteiger partial charge in [0.15, 0.2) is 6.61 Å². The minimum absolute atomic E-state index is 0.00147. The second kappa shape index (κ2) is 10.3. The van der Waals surface area contributed by atoms with Gasteiger partial charge >= 0.3 is 6.03 Å². The van der Waals surface area contributed by atoms with Gasteiger partial charge in [-0.2, -0.15) is 0 Å². The van der Waals surface area contributed by atoms with E-state index < -0.39 is 0 Å². The van der Waals surface area contributed by atoms with Crippen LogP contribution in [0.25, 0.3) is 0 Å². The van der Waals surface area contributed by atoms with Crippen LogP contribution in [0.15, 0.2) is 48.5 Å². The van der Waals surface area contributed by atoms with Crippen LogP contribution in [0, 0.1) is 0 Å². The number of anilines is 1. The van der Waals surface area contributed by atoms with Crippen LogP contribution in [-0.2, 0) is 4.79 Å². The third-order valence-corrected chi connectivity index (χ3v) is 5.37. The van der Waals surface area contributed by atoms with Gasteiger partial charge in [-0.15, -0.1) is 0 Å². The summed E-state index contributed by atoms with van der Waals surface area (Å²) in [5.41, 5.74) is 1.87. The zero-order valence-electron chi connectivity index (χ0n) is 17.4. The molecule has 7 heteroatoms. The molecule has 0 spiro atoms. The average molecular weight is 430 g/mol. The fourth-order valence-electron chi connectivity index (χ4n) is 3.31. The molecule has 1 N–H and O–H groups in total. The maximum absolute atomic E-state index is 12.6. The molecule has 0 radical (unpaired) electrons. The molecule has 3 rings (SSSR count). The fourth-order valence-corrected chi connectivity index (χ4v) is 3.43. The van der Waals surface area contributed by atoms with Crippen LogP contribution in [-0.4, -0.2) is 54.5 Å². The van der Waals surface area contributed by atoms with Crippen LogP contribution in [0.1, 0.15) is 31.7 Å². The first-order valence-electron chi connectivity index (χ1n) is 10.2. The van der Waals surface area contributed by atoms with E-state index in [4.69, 9.17) is 16.3 Å². The molecule has 2 aromatic carbocycles. The molecule has 3 amide bonds. The number of halogens is 1. The van der Waals surface area contributed by atoms with Gasteiger partial charge in [0.2, 0.25) is 0 Å². The number of benzene rings is 2. The Hall–Kier alpha value is -2.73. The summed E-state index contributed by atoms with van der Waals surface area (Å²) in [6.45, 7) is 6.42. The molecule has 1 saturated heterocycles. The summed E-state index contributed by atoms with van der Waals surface area (Å²) in [6.07, 6.45) is 0.725. The molecule has 160 valence electrons. The van der Waals surface area contributed by atoms with Gasteiger partial charge in [0.25, 0.3) is 5.91 Å². The average Bonchev–Trinajstić information content (AvgIpc) is 3.00. The van der Waals surface area contributed by atoms with Crippen molar-refractivity contribution in [1.82, 2.24) is 9.80 Å². The van der Waals surface area contributed by atoms with Crippen LogP contribution >= 0.6 is 11.6 Å². The van der Waals surface area contributed by atoms with Crippen LogP contribution in [0.5, 0.6) is 5.75 Å². The first-order chi connectivity index (χ1) is 14.4. The minimum atomic E-state index is -0.173. The van der Waals surface area contributed by atoms with Crippen molar-refractivity contribution in [2.75, 3.05) is 38.1 Å². The molecule has 1 aliphatic rings. The first kappa shape index (κ1) is 22.0. The number of amides is 3. The van der Waals surface area contributed by atoms with Gasteiger partial charge in [-0.3, -0.25) is 4.79 Å². The summed E-state index contributed by atoms with van der Waals surface area (Å²) in [5.74, 6) is 1.04. The molecule has 0 aromatic heterocycles. The van der Waals surface area contributed by atoms with E-state index in [9.17, 15) is 9.59 Å². The van der Waals surface area contributed by atoms with Crippen molar-refractivity contribution >= 4 is 29.2 Å². The Labute approximate surface area is 182 Å². The van der Waals surface area contributed by atoms with Crippen molar-refractivity contribution in [2.45, 2.75) is 26.2 Å². The molecule has 0 saturated carbocycles. The summed E-state index contributed by atoms with van der Waals surface area (Å²) in [6, 6.07) is 14.7. The summed E-state index contributed by atoms with van der Waals surface area (Å²) in [7, 11) is 0. The van der Waals surface area contributed by atoms with E-state index in [1.165, 1.54) is 5.56 Å². The van der Waals surface area contributed by atoms with Crippen molar-refractivity contribution in [3.63, 3.8) is 0 Å². The Morgan fingerprint density at radius 2 is 1.73 bits per heavy atom.